The molecule has 0 radical (unpaired) electrons. The van der Waals surface area contributed by atoms with E-state index in [1.807, 2.05) is 55.5 Å². The van der Waals surface area contributed by atoms with Gasteiger partial charge in [-0.2, -0.15) is 4.98 Å². The summed E-state index contributed by atoms with van der Waals surface area (Å²) < 4.78 is 11.9. The molecule has 0 bridgehead atoms. The maximum atomic E-state index is 12.5. The van der Waals surface area contributed by atoms with Crippen molar-refractivity contribution in [3.05, 3.63) is 58.9 Å². The van der Waals surface area contributed by atoms with E-state index >= 15 is 0 Å². The standard InChI is InChI=1S/C20H18BrN3O3/c1-2-26-17-9-7-16(8-10-17)24-12-14(11-18(24)25)20-22-19(23-27-20)13-3-5-15(21)6-4-13/h3-10,14H,2,11-12H2,1H3/t14-/m1/s1. The van der Waals surface area contributed by atoms with Gasteiger partial charge in [0, 0.05) is 28.7 Å². The first-order valence-electron chi connectivity index (χ1n) is 8.77. The van der Waals surface area contributed by atoms with Gasteiger partial charge < -0.3 is 14.2 Å². The summed E-state index contributed by atoms with van der Waals surface area (Å²) in [5, 5.41) is 4.07. The smallest absolute Gasteiger partial charge is 0.232 e. The molecule has 0 saturated carbocycles. The number of halogens is 1. The first kappa shape index (κ1) is 17.7. The highest BCUT2D eigenvalue weighted by Crippen LogP contribution is 2.32. The Morgan fingerprint density at radius 2 is 1.93 bits per heavy atom. The van der Waals surface area contributed by atoms with Crippen LogP contribution in [0.4, 0.5) is 5.69 Å². The lowest BCUT2D eigenvalue weighted by Crippen LogP contribution is -2.24. The monoisotopic (exact) mass is 427 g/mol. The van der Waals surface area contributed by atoms with Crippen molar-refractivity contribution in [2.75, 3.05) is 18.1 Å². The van der Waals surface area contributed by atoms with Crippen molar-refractivity contribution in [2.24, 2.45) is 0 Å². The number of rotatable bonds is 5. The van der Waals surface area contributed by atoms with Gasteiger partial charge in [0.15, 0.2) is 0 Å². The fourth-order valence-electron chi connectivity index (χ4n) is 3.13. The van der Waals surface area contributed by atoms with Crippen molar-refractivity contribution in [1.82, 2.24) is 10.1 Å². The lowest BCUT2D eigenvalue weighted by atomic mass is 10.1. The van der Waals surface area contributed by atoms with Crippen LogP contribution < -0.4 is 9.64 Å². The van der Waals surface area contributed by atoms with E-state index in [1.54, 1.807) is 4.90 Å². The van der Waals surface area contributed by atoms with Gasteiger partial charge in [0.05, 0.1) is 12.5 Å². The highest BCUT2D eigenvalue weighted by atomic mass is 79.9. The molecule has 0 N–H and O–H groups in total. The molecule has 1 atom stereocenters. The second-order valence-electron chi connectivity index (χ2n) is 6.30. The lowest BCUT2D eigenvalue weighted by molar-refractivity contribution is -0.117. The molecule has 3 aromatic rings. The van der Waals surface area contributed by atoms with Crippen LogP contribution >= 0.6 is 15.9 Å². The maximum absolute atomic E-state index is 12.5. The fourth-order valence-corrected chi connectivity index (χ4v) is 3.39. The molecule has 1 amide bonds. The number of anilines is 1. The minimum atomic E-state index is -0.110. The first-order chi connectivity index (χ1) is 13.1. The van der Waals surface area contributed by atoms with E-state index in [4.69, 9.17) is 9.26 Å². The molecule has 6 nitrogen and oxygen atoms in total. The Morgan fingerprint density at radius 1 is 1.19 bits per heavy atom. The maximum Gasteiger partial charge on any atom is 0.232 e. The zero-order valence-corrected chi connectivity index (χ0v) is 16.3. The van der Waals surface area contributed by atoms with Gasteiger partial charge in [0.1, 0.15) is 5.75 Å². The molecule has 1 aromatic heterocycles. The molecule has 1 fully saturated rings. The number of hydrogen-bond acceptors (Lipinski definition) is 5. The number of aromatic nitrogens is 2. The van der Waals surface area contributed by atoms with E-state index in [1.165, 1.54) is 0 Å². The second kappa shape index (κ2) is 7.52. The van der Waals surface area contributed by atoms with Gasteiger partial charge in [0.25, 0.3) is 0 Å². The molecule has 1 aliphatic rings. The summed E-state index contributed by atoms with van der Waals surface area (Å²) in [6.45, 7) is 3.08. The van der Waals surface area contributed by atoms with Crippen molar-refractivity contribution >= 4 is 27.5 Å². The van der Waals surface area contributed by atoms with Crippen LogP contribution in [-0.4, -0.2) is 29.2 Å². The largest absolute Gasteiger partial charge is 0.494 e. The van der Waals surface area contributed by atoms with Crippen LogP contribution in [0.1, 0.15) is 25.2 Å². The van der Waals surface area contributed by atoms with Crippen molar-refractivity contribution in [1.29, 1.82) is 0 Å². The number of amides is 1. The Labute approximate surface area is 165 Å². The highest BCUT2D eigenvalue weighted by Gasteiger charge is 2.35. The Bertz CT molecular complexity index is 938. The topological polar surface area (TPSA) is 68.5 Å². The third-order valence-corrected chi connectivity index (χ3v) is 5.01. The van der Waals surface area contributed by atoms with E-state index in [2.05, 4.69) is 26.1 Å². The third-order valence-electron chi connectivity index (χ3n) is 4.48. The third kappa shape index (κ3) is 3.73. The van der Waals surface area contributed by atoms with E-state index in [0.29, 0.717) is 31.3 Å². The van der Waals surface area contributed by atoms with Gasteiger partial charge >= 0.3 is 0 Å². The van der Waals surface area contributed by atoms with E-state index < -0.39 is 0 Å². The summed E-state index contributed by atoms with van der Waals surface area (Å²) in [6, 6.07) is 15.2. The molecule has 0 unspecified atom stereocenters. The van der Waals surface area contributed by atoms with Crippen LogP contribution in [0.2, 0.25) is 0 Å². The molecule has 4 rings (SSSR count). The van der Waals surface area contributed by atoms with Gasteiger partial charge in [-0.25, -0.2) is 0 Å². The Balaban J connectivity index is 1.50. The number of ether oxygens (including phenoxy) is 1. The Kier molecular flexibility index (Phi) is 4.94. The second-order valence-corrected chi connectivity index (χ2v) is 7.21. The minimum Gasteiger partial charge on any atom is -0.494 e. The summed E-state index contributed by atoms with van der Waals surface area (Å²) >= 11 is 3.41. The molecule has 0 aliphatic carbocycles. The predicted octanol–water partition coefficient (Wildman–Crippen LogP) is 4.42. The quantitative estimate of drug-likeness (QED) is 0.602. The Hall–Kier alpha value is -2.67. The predicted molar refractivity (Wildman–Crippen MR) is 105 cm³/mol. The van der Waals surface area contributed by atoms with Crippen LogP contribution in [0.15, 0.2) is 57.5 Å². The molecule has 0 spiro atoms. The first-order valence-corrected chi connectivity index (χ1v) is 9.56. The van der Waals surface area contributed by atoms with Crippen LogP contribution in [0.3, 0.4) is 0 Å². The molecule has 27 heavy (non-hydrogen) atoms. The molecule has 2 heterocycles. The van der Waals surface area contributed by atoms with Gasteiger partial charge in [-0.1, -0.05) is 21.1 Å². The lowest BCUT2D eigenvalue weighted by Gasteiger charge is -2.16. The summed E-state index contributed by atoms with van der Waals surface area (Å²) in [4.78, 5) is 18.7. The zero-order chi connectivity index (χ0) is 18.8. The van der Waals surface area contributed by atoms with Crippen LogP contribution in [0.5, 0.6) is 5.75 Å². The van der Waals surface area contributed by atoms with Gasteiger partial charge in [-0.05, 0) is 55.5 Å². The van der Waals surface area contributed by atoms with Crippen molar-refractivity contribution in [2.45, 2.75) is 19.3 Å². The van der Waals surface area contributed by atoms with Gasteiger partial charge in [0.2, 0.25) is 17.6 Å². The SMILES string of the molecule is CCOc1ccc(N2C[C@H](c3nc(-c4ccc(Br)cc4)no3)CC2=O)cc1. The molecule has 2 aromatic carbocycles. The summed E-state index contributed by atoms with van der Waals surface area (Å²) in [6.07, 6.45) is 0.356. The van der Waals surface area contributed by atoms with E-state index in [0.717, 1.165) is 21.5 Å². The molecule has 1 aliphatic heterocycles. The van der Waals surface area contributed by atoms with Crippen molar-refractivity contribution in [3.8, 4) is 17.1 Å². The molecule has 1 saturated heterocycles. The van der Waals surface area contributed by atoms with Crippen molar-refractivity contribution < 1.29 is 14.1 Å². The zero-order valence-electron chi connectivity index (χ0n) is 14.8. The number of carbonyl (C=O) groups is 1. The summed E-state index contributed by atoms with van der Waals surface area (Å²) in [7, 11) is 0. The van der Waals surface area contributed by atoms with Crippen LogP contribution in [0, 0.1) is 0 Å². The molecular weight excluding hydrogens is 410 g/mol. The molecule has 7 heteroatoms. The number of benzene rings is 2. The minimum absolute atomic E-state index is 0.0487. The summed E-state index contributed by atoms with van der Waals surface area (Å²) in [5.41, 5.74) is 1.72. The molecule has 138 valence electrons. The van der Waals surface area contributed by atoms with Crippen molar-refractivity contribution in [3.63, 3.8) is 0 Å². The van der Waals surface area contributed by atoms with Crippen LogP contribution in [-0.2, 0) is 4.79 Å². The fraction of sp³-hybridized carbons (Fsp3) is 0.250. The normalized spacial score (nSPS) is 16.7. The van der Waals surface area contributed by atoms with E-state index in [9.17, 15) is 4.79 Å². The summed E-state index contributed by atoms with van der Waals surface area (Å²) in [5.74, 6) is 1.76. The molecular formula is C20H18BrN3O3. The van der Waals surface area contributed by atoms with E-state index in [-0.39, 0.29) is 11.8 Å². The Morgan fingerprint density at radius 3 is 2.63 bits per heavy atom. The number of nitrogens with zero attached hydrogens (tertiary/aromatic N) is 3. The van der Waals surface area contributed by atoms with Crippen LogP contribution in [0.25, 0.3) is 11.4 Å². The van der Waals surface area contributed by atoms with Gasteiger partial charge in [-0.3, -0.25) is 4.79 Å². The highest BCUT2D eigenvalue weighted by molar-refractivity contribution is 9.10. The average Bonchev–Trinajstić information content (AvgIpc) is 3.30. The number of carbonyl (C=O) groups excluding carboxylic acids is 1. The van der Waals surface area contributed by atoms with Gasteiger partial charge in [-0.15, -0.1) is 0 Å². The number of hydrogen-bond donors (Lipinski definition) is 0. The average molecular weight is 428 g/mol.